The smallest absolute Gasteiger partial charge is 0.272 e. The highest BCUT2D eigenvalue weighted by Gasteiger charge is 2.26. The minimum Gasteiger partial charge on any atom is -0.352 e. The van der Waals surface area contributed by atoms with Gasteiger partial charge in [0.15, 0.2) is 23.0 Å². The summed E-state index contributed by atoms with van der Waals surface area (Å²) in [5.74, 6) is -0.171. The Bertz CT molecular complexity index is 1170. The molecule has 0 aromatic carbocycles. The van der Waals surface area contributed by atoms with Crippen LogP contribution in [0.1, 0.15) is 35.1 Å². The second-order valence-electron chi connectivity index (χ2n) is 8.28. The van der Waals surface area contributed by atoms with E-state index in [0.717, 1.165) is 43.9 Å². The number of fused-ring (bicyclic) bond motifs is 2. The predicted octanol–water partition coefficient (Wildman–Crippen LogP) is 2.34. The van der Waals surface area contributed by atoms with Crippen molar-refractivity contribution in [3.05, 3.63) is 46.1 Å². The molecule has 3 aromatic heterocycles. The molecule has 4 heterocycles. The van der Waals surface area contributed by atoms with Gasteiger partial charge in [0.2, 0.25) is 0 Å². The molecule has 3 aromatic rings. The summed E-state index contributed by atoms with van der Waals surface area (Å²) in [6, 6.07) is 3.13. The van der Waals surface area contributed by atoms with Crippen LogP contribution in [0.5, 0.6) is 0 Å². The van der Waals surface area contributed by atoms with Gasteiger partial charge in [-0.3, -0.25) is 4.79 Å². The van der Waals surface area contributed by atoms with Crippen molar-refractivity contribution < 1.29 is 9.18 Å². The number of rotatable bonds is 4. The van der Waals surface area contributed by atoms with Crippen LogP contribution in [0.3, 0.4) is 0 Å². The number of aryl methyl sites for hydroxylation is 2. The fourth-order valence-electron chi connectivity index (χ4n) is 4.50. The molecule has 5 rings (SSSR count). The van der Waals surface area contributed by atoms with Crippen LogP contribution in [0.4, 0.5) is 10.2 Å². The topological polar surface area (TPSA) is 88.0 Å². The maximum absolute atomic E-state index is 14.8. The molecule has 1 fully saturated rings. The van der Waals surface area contributed by atoms with Crippen LogP contribution in [-0.2, 0) is 19.4 Å². The van der Waals surface area contributed by atoms with Gasteiger partial charge in [-0.2, -0.15) is 0 Å². The number of halogens is 2. The second kappa shape index (κ2) is 8.63. The van der Waals surface area contributed by atoms with Crippen LogP contribution in [0.15, 0.2) is 18.3 Å². The third-order valence-electron chi connectivity index (χ3n) is 6.22. The van der Waals surface area contributed by atoms with E-state index >= 15 is 0 Å². The zero-order valence-corrected chi connectivity index (χ0v) is 18.6. The van der Waals surface area contributed by atoms with Gasteiger partial charge in [0.25, 0.3) is 5.91 Å². The standard InChI is InChI=1S/C22H25ClFN7O/c1-2-30-12-16(23)15-11-19(28-29-20(15)30)22(32)26-14-3-4-18-13(9-14)10-17(24)21(27-18)31-7-5-25-6-8-31/h10-12,14,25H,2-9H2,1H3,(H,26,32). The monoisotopic (exact) mass is 457 g/mol. The minimum absolute atomic E-state index is 0.116. The fourth-order valence-corrected chi connectivity index (χ4v) is 4.76. The van der Waals surface area contributed by atoms with Gasteiger partial charge >= 0.3 is 0 Å². The average Bonchev–Trinajstić information content (AvgIpc) is 3.14. The lowest BCUT2D eigenvalue weighted by Gasteiger charge is -2.31. The lowest BCUT2D eigenvalue weighted by atomic mass is 9.91. The number of hydrogen-bond donors (Lipinski definition) is 2. The van der Waals surface area contributed by atoms with Crippen molar-refractivity contribution in [2.24, 2.45) is 0 Å². The molecule has 1 atom stereocenters. The Labute approximate surface area is 190 Å². The van der Waals surface area contributed by atoms with E-state index in [1.54, 1.807) is 18.3 Å². The van der Waals surface area contributed by atoms with Crippen LogP contribution in [0.25, 0.3) is 11.0 Å². The molecule has 1 amide bonds. The number of pyridine rings is 1. The molecular weight excluding hydrogens is 433 g/mol. The summed E-state index contributed by atoms with van der Waals surface area (Å²) >= 11 is 6.30. The maximum Gasteiger partial charge on any atom is 0.272 e. The third-order valence-corrected chi connectivity index (χ3v) is 6.52. The minimum atomic E-state index is -0.306. The molecule has 8 nitrogen and oxygen atoms in total. The van der Waals surface area contributed by atoms with Gasteiger partial charge in [0.05, 0.1) is 5.02 Å². The van der Waals surface area contributed by atoms with Crippen LogP contribution >= 0.6 is 11.6 Å². The zero-order valence-electron chi connectivity index (χ0n) is 17.9. The van der Waals surface area contributed by atoms with Crippen LogP contribution in [-0.4, -0.2) is 57.9 Å². The fraction of sp³-hybridized carbons (Fsp3) is 0.455. The van der Waals surface area contributed by atoms with Gasteiger partial charge in [-0.15, -0.1) is 10.2 Å². The Morgan fingerprint density at radius 3 is 2.91 bits per heavy atom. The van der Waals surface area contributed by atoms with Crippen molar-refractivity contribution in [2.75, 3.05) is 31.1 Å². The molecule has 1 saturated heterocycles. The van der Waals surface area contributed by atoms with Gasteiger partial charge in [-0.25, -0.2) is 9.37 Å². The van der Waals surface area contributed by atoms with E-state index in [1.807, 2.05) is 16.4 Å². The van der Waals surface area contributed by atoms with Crippen molar-refractivity contribution in [1.29, 1.82) is 0 Å². The molecule has 1 aliphatic carbocycles. The van der Waals surface area contributed by atoms with E-state index in [9.17, 15) is 9.18 Å². The highest BCUT2D eigenvalue weighted by Crippen LogP contribution is 2.27. The van der Waals surface area contributed by atoms with Crippen molar-refractivity contribution in [3.63, 3.8) is 0 Å². The number of nitrogens with zero attached hydrogens (tertiary/aromatic N) is 5. The molecule has 0 saturated carbocycles. The summed E-state index contributed by atoms with van der Waals surface area (Å²) in [5.41, 5.74) is 2.64. The van der Waals surface area contributed by atoms with E-state index < -0.39 is 0 Å². The van der Waals surface area contributed by atoms with E-state index in [1.165, 1.54) is 0 Å². The quantitative estimate of drug-likeness (QED) is 0.625. The van der Waals surface area contributed by atoms with E-state index in [2.05, 4.69) is 25.8 Å². The molecule has 1 aliphatic heterocycles. The first kappa shape index (κ1) is 21.1. The molecule has 2 N–H and O–H groups in total. The number of hydrogen-bond acceptors (Lipinski definition) is 6. The van der Waals surface area contributed by atoms with Gasteiger partial charge < -0.3 is 20.1 Å². The summed E-state index contributed by atoms with van der Waals surface area (Å²) in [6.45, 7) is 5.86. The molecule has 1 unspecified atom stereocenters. The summed E-state index contributed by atoms with van der Waals surface area (Å²) in [7, 11) is 0. The Morgan fingerprint density at radius 2 is 2.12 bits per heavy atom. The van der Waals surface area contributed by atoms with Gasteiger partial charge in [-0.1, -0.05) is 11.6 Å². The highest BCUT2D eigenvalue weighted by molar-refractivity contribution is 6.35. The Balaban J connectivity index is 1.31. The highest BCUT2D eigenvalue weighted by atomic mass is 35.5. The van der Waals surface area contributed by atoms with Gasteiger partial charge in [0, 0.05) is 56.0 Å². The predicted molar refractivity (Wildman–Crippen MR) is 121 cm³/mol. The lowest BCUT2D eigenvalue weighted by Crippen LogP contribution is -2.44. The normalized spacial score (nSPS) is 18.6. The molecule has 2 aliphatic rings. The molecule has 0 spiro atoms. The number of piperazine rings is 1. The summed E-state index contributed by atoms with van der Waals surface area (Å²) in [4.78, 5) is 19.4. The molecule has 10 heteroatoms. The number of carbonyl (C=O) groups excluding carboxylic acids is 1. The van der Waals surface area contributed by atoms with Crippen molar-refractivity contribution in [2.45, 2.75) is 38.8 Å². The van der Waals surface area contributed by atoms with E-state index in [-0.39, 0.29) is 23.5 Å². The third kappa shape index (κ3) is 3.91. The SMILES string of the molecule is CCn1cc(Cl)c2cc(C(=O)NC3CCc4nc(N5CCNCC5)c(F)cc4C3)nnc21. The Kier molecular flexibility index (Phi) is 5.69. The summed E-state index contributed by atoms with van der Waals surface area (Å²) in [5, 5.41) is 15.8. The first-order valence-corrected chi connectivity index (χ1v) is 11.4. The average molecular weight is 458 g/mol. The van der Waals surface area contributed by atoms with Crippen molar-refractivity contribution in [1.82, 2.24) is 30.4 Å². The first-order valence-electron chi connectivity index (χ1n) is 11.0. The number of anilines is 1. The van der Waals surface area contributed by atoms with Crippen LogP contribution in [0, 0.1) is 5.82 Å². The molecule has 32 heavy (non-hydrogen) atoms. The van der Waals surface area contributed by atoms with Crippen LogP contribution < -0.4 is 15.5 Å². The molecule has 168 valence electrons. The van der Waals surface area contributed by atoms with E-state index in [4.69, 9.17) is 11.6 Å². The maximum atomic E-state index is 14.8. The Morgan fingerprint density at radius 1 is 1.31 bits per heavy atom. The van der Waals surface area contributed by atoms with Gasteiger partial charge in [0.1, 0.15) is 0 Å². The molecule has 0 radical (unpaired) electrons. The molecular formula is C22H25ClFN7O. The number of nitrogens with one attached hydrogen (secondary N) is 2. The van der Waals surface area contributed by atoms with Gasteiger partial charge in [-0.05, 0) is 43.9 Å². The summed E-state index contributed by atoms with van der Waals surface area (Å²) < 4.78 is 16.7. The Hall–Kier alpha value is -2.78. The number of carbonyl (C=O) groups is 1. The van der Waals surface area contributed by atoms with E-state index in [0.29, 0.717) is 41.3 Å². The first-order chi connectivity index (χ1) is 15.5. The molecule has 0 bridgehead atoms. The van der Waals surface area contributed by atoms with Crippen molar-refractivity contribution in [3.8, 4) is 0 Å². The lowest BCUT2D eigenvalue weighted by molar-refractivity contribution is 0.0927. The second-order valence-corrected chi connectivity index (χ2v) is 8.69. The largest absolute Gasteiger partial charge is 0.352 e. The number of aromatic nitrogens is 4. The number of amides is 1. The van der Waals surface area contributed by atoms with Crippen molar-refractivity contribution >= 4 is 34.4 Å². The zero-order chi connectivity index (χ0) is 22.2. The summed E-state index contributed by atoms with van der Waals surface area (Å²) in [6.07, 6.45) is 3.75. The van der Waals surface area contributed by atoms with Crippen LogP contribution in [0.2, 0.25) is 5.02 Å².